The third-order valence-corrected chi connectivity index (χ3v) is 4.88. The molecule has 1 unspecified atom stereocenters. The van der Waals surface area contributed by atoms with Gasteiger partial charge in [0, 0.05) is 39.2 Å². The summed E-state index contributed by atoms with van der Waals surface area (Å²) in [6, 6.07) is 11.1. The van der Waals surface area contributed by atoms with Gasteiger partial charge in [0.25, 0.3) is 5.56 Å². The molecule has 3 aromatic rings. The van der Waals surface area contributed by atoms with Gasteiger partial charge in [0.1, 0.15) is 11.5 Å². The van der Waals surface area contributed by atoms with Crippen LogP contribution in [0.2, 0.25) is 0 Å². The van der Waals surface area contributed by atoms with Crippen LogP contribution in [0.1, 0.15) is 12.0 Å². The first-order chi connectivity index (χ1) is 15.0. The minimum absolute atomic E-state index is 0.0568. The molecule has 0 radical (unpaired) electrons. The molecule has 0 spiro atoms. The van der Waals surface area contributed by atoms with Crippen LogP contribution < -0.4 is 21.9 Å². The maximum atomic E-state index is 12.7. The predicted molar refractivity (Wildman–Crippen MR) is 118 cm³/mol. The molecule has 2 aromatic heterocycles. The average Bonchev–Trinajstić information content (AvgIpc) is 3.24. The summed E-state index contributed by atoms with van der Waals surface area (Å²) in [5.41, 5.74) is 6.19. The lowest BCUT2D eigenvalue weighted by Crippen LogP contribution is -2.42. The minimum atomic E-state index is -0.809. The van der Waals surface area contributed by atoms with Crippen molar-refractivity contribution in [1.29, 1.82) is 0 Å². The van der Waals surface area contributed by atoms with E-state index in [9.17, 15) is 14.7 Å². The summed E-state index contributed by atoms with van der Waals surface area (Å²) >= 11 is 0. The highest BCUT2D eigenvalue weighted by molar-refractivity contribution is 5.62. The smallest absolute Gasteiger partial charge is 0.330 e. The first kappa shape index (κ1) is 22.3. The summed E-state index contributed by atoms with van der Waals surface area (Å²) in [7, 11) is 1.60. The number of H-pyrrole nitrogens is 1. The zero-order valence-electron chi connectivity index (χ0n) is 17.5. The summed E-state index contributed by atoms with van der Waals surface area (Å²) in [6.07, 6.45) is 3.18. The van der Waals surface area contributed by atoms with Gasteiger partial charge in [0.2, 0.25) is 0 Å². The number of anilines is 2. The Morgan fingerprint density at radius 3 is 2.71 bits per heavy atom. The molecule has 0 bridgehead atoms. The van der Waals surface area contributed by atoms with Gasteiger partial charge in [0.05, 0.1) is 19.2 Å². The molecule has 4 N–H and O–H groups in total. The number of rotatable bonds is 11. The minimum Gasteiger partial charge on any atom is -0.389 e. The average molecular weight is 428 g/mol. The van der Waals surface area contributed by atoms with E-state index in [2.05, 4.69) is 10.1 Å². The van der Waals surface area contributed by atoms with Crippen LogP contribution in [-0.4, -0.2) is 57.3 Å². The first-order valence-electron chi connectivity index (χ1n) is 10.1. The number of aromatic nitrogens is 4. The number of nitrogens with one attached hydrogen (secondary N) is 1. The third-order valence-electron chi connectivity index (χ3n) is 4.88. The van der Waals surface area contributed by atoms with Gasteiger partial charge in [-0.25, -0.2) is 4.79 Å². The second-order valence-electron chi connectivity index (χ2n) is 7.24. The summed E-state index contributed by atoms with van der Waals surface area (Å²) in [5.74, 6) is 0.0568. The number of nitrogen functional groups attached to an aromatic ring is 1. The van der Waals surface area contributed by atoms with Crippen LogP contribution in [0.4, 0.5) is 11.5 Å². The molecule has 31 heavy (non-hydrogen) atoms. The van der Waals surface area contributed by atoms with Crippen LogP contribution in [0.25, 0.3) is 0 Å². The Labute approximate surface area is 179 Å². The molecular weight excluding hydrogens is 400 g/mol. The second kappa shape index (κ2) is 10.6. The Morgan fingerprint density at radius 1 is 1.26 bits per heavy atom. The fraction of sp³-hybridized carbons (Fsp3) is 0.381. The quantitative estimate of drug-likeness (QED) is 0.374. The summed E-state index contributed by atoms with van der Waals surface area (Å²) < 4.78 is 8.07. The van der Waals surface area contributed by atoms with Gasteiger partial charge < -0.3 is 20.5 Å². The molecule has 0 aliphatic heterocycles. The van der Waals surface area contributed by atoms with Crippen molar-refractivity contribution in [3.8, 4) is 0 Å². The largest absolute Gasteiger partial charge is 0.389 e. The summed E-state index contributed by atoms with van der Waals surface area (Å²) in [4.78, 5) is 29.2. The number of aliphatic hydroxyl groups is 1. The van der Waals surface area contributed by atoms with E-state index in [1.165, 1.54) is 4.57 Å². The molecule has 0 aliphatic carbocycles. The molecule has 10 nitrogen and oxygen atoms in total. The highest BCUT2D eigenvalue weighted by atomic mass is 16.5. The summed E-state index contributed by atoms with van der Waals surface area (Å²) in [6.45, 7) is 1.51. The van der Waals surface area contributed by atoms with Crippen LogP contribution in [0.3, 0.4) is 0 Å². The van der Waals surface area contributed by atoms with Crippen molar-refractivity contribution < 1.29 is 9.84 Å². The zero-order valence-corrected chi connectivity index (χ0v) is 17.5. The Morgan fingerprint density at radius 2 is 2.03 bits per heavy atom. The van der Waals surface area contributed by atoms with E-state index in [-0.39, 0.29) is 31.1 Å². The zero-order chi connectivity index (χ0) is 22.2. The number of nitrogens with two attached hydrogens (primary N) is 1. The molecule has 0 fully saturated rings. The molecule has 1 aromatic carbocycles. The number of benzene rings is 1. The Hall–Kier alpha value is -3.37. The van der Waals surface area contributed by atoms with Crippen molar-refractivity contribution in [3.63, 3.8) is 0 Å². The van der Waals surface area contributed by atoms with E-state index in [1.807, 2.05) is 30.3 Å². The van der Waals surface area contributed by atoms with Crippen molar-refractivity contribution in [2.75, 3.05) is 37.4 Å². The van der Waals surface area contributed by atoms with Crippen molar-refractivity contribution in [3.05, 3.63) is 75.2 Å². The van der Waals surface area contributed by atoms with Crippen LogP contribution in [0.5, 0.6) is 0 Å². The van der Waals surface area contributed by atoms with E-state index in [0.717, 1.165) is 5.56 Å². The van der Waals surface area contributed by atoms with Gasteiger partial charge in [-0.05, 0) is 18.1 Å². The van der Waals surface area contributed by atoms with E-state index in [0.29, 0.717) is 19.6 Å². The maximum absolute atomic E-state index is 12.7. The van der Waals surface area contributed by atoms with E-state index in [4.69, 9.17) is 10.5 Å². The normalized spacial score (nSPS) is 12.1. The Kier molecular flexibility index (Phi) is 7.63. The van der Waals surface area contributed by atoms with Crippen LogP contribution in [-0.2, 0) is 17.8 Å². The number of nitrogens with zero attached hydrogens (tertiary/aromatic N) is 4. The van der Waals surface area contributed by atoms with Gasteiger partial charge in [-0.2, -0.15) is 5.10 Å². The molecule has 3 rings (SSSR count). The maximum Gasteiger partial charge on any atom is 0.330 e. The Balaban J connectivity index is 1.91. The molecular formula is C21H28N6O4. The topological polar surface area (TPSA) is 131 Å². The lowest BCUT2D eigenvalue weighted by Gasteiger charge is -2.28. The second-order valence-corrected chi connectivity index (χ2v) is 7.24. The number of aliphatic hydroxyl groups excluding tert-OH is 1. The predicted octanol–water partition coefficient (Wildman–Crippen LogP) is 0.268. The van der Waals surface area contributed by atoms with Crippen molar-refractivity contribution in [2.24, 2.45) is 0 Å². The molecule has 166 valence electrons. The molecule has 1 atom stereocenters. The van der Waals surface area contributed by atoms with Crippen molar-refractivity contribution in [2.45, 2.75) is 25.6 Å². The van der Waals surface area contributed by atoms with Crippen molar-refractivity contribution in [1.82, 2.24) is 19.3 Å². The monoisotopic (exact) mass is 428 g/mol. The van der Waals surface area contributed by atoms with Gasteiger partial charge in [-0.3, -0.25) is 19.0 Å². The number of methoxy groups -OCH3 is 1. The van der Waals surface area contributed by atoms with Gasteiger partial charge in [-0.15, -0.1) is 0 Å². The van der Waals surface area contributed by atoms with Gasteiger partial charge >= 0.3 is 5.69 Å². The van der Waals surface area contributed by atoms with E-state index < -0.39 is 17.4 Å². The fourth-order valence-corrected chi connectivity index (χ4v) is 3.44. The molecule has 0 saturated carbocycles. The summed E-state index contributed by atoms with van der Waals surface area (Å²) in [5, 5.41) is 14.7. The lowest BCUT2D eigenvalue weighted by atomic mass is 10.2. The lowest BCUT2D eigenvalue weighted by molar-refractivity contribution is 0.152. The van der Waals surface area contributed by atoms with Gasteiger partial charge in [-0.1, -0.05) is 30.3 Å². The molecule has 10 heteroatoms. The molecule has 0 aliphatic rings. The third kappa shape index (κ3) is 5.83. The number of aromatic amines is 1. The molecule has 0 amide bonds. The molecule has 0 saturated heterocycles. The fourth-order valence-electron chi connectivity index (χ4n) is 3.44. The highest BCUT2D eigenvalue weighted by Crippen LogP contribution is 2.19. The van der Waals surface area contributed by atoms with E-state index >= 15 is 0 Å². The SMILES string of the molecule is COCCCN(CC(O)Cn1cccn1)c1c(N)n(Cc2ccccc2)c(=O)[nH]c1=O. The van der Waals surface area contributed by atoms with Gasteiger partial charge in [0.15, 0.2) is 0 Å². The van der Waals surface area contributed by atoms with Crippen LogP contribution >= 0.6 is 0 Å². The number of hydrogen-bond acceptors (Lipinski definition) is 7. The van der Waals surface area contributed by atoms with E-state index in [1.54, 1.807) is 35.2 Å². The Bertz CT molecular complexity index is 1060. The molecule has 2 heterocycles. The van der Waals surface area contributed by atoms with Crippen LogP contribution in [0.15, 0.2) is 58.4 Å². The standard InChI is InChI=1S/C21H28N6O4/c1-31-12-6-10-25(14-17(28)15-26-11-5-9-23-26)18-19(22)27(21(30)24-20(18)29)13-16-7-3-2-4-8-16/h2-5,7-9,11,17,28H,6,10,12-15,22H2,1H3,(H,24,29,30). The highest BCUT2D eigenvalue weighted by Gasteiger charge is 2.21. The number of hydrogen-bond donors (Lipinski definition) is 3. The first-order valence-corrected chi connectivity index (χ1v) is 10.1. The van der Waals surface area contributed by atoms with Crippen molar-refractivity contribution >= 4 is 11.5 Å². The van der Waals surface area contributed by atoms with Crippen LogP contribution in [0, 0.1) is 0 Å². The number of ether oxygens (including phenoxy) is 1.